The molecule has 3 rings (SSSR count). The van der Waals surface area contributed by atoms with E-state index >= 15 is 0 Å². The van der Waals surface area contributed by atoms with Crippen molar-refractivity contribution in [3.8, 4) is 0 Å². The maximum atomic E-state index is 11.8. The van der Waals surface area contributed by atoms with Crippen LogP contribution >= 0.6 is 0 Å². The van der Waals surface area contributed by atoms with Gasteiger partial charge in [0, 0.05) is 6.54 Å². The first-order valence-corrected chi connectivity index (χ1v) is 6.18. The average Bonchev–Trinajstić information content (AvgIpc) is 3.08. The Morgan fingerprint density at radius 2 is 2.15 bits per heavy atom. The summed E-state index contributed by atoms with van der Waals surface area (Å²) in [4.78, 5) is 37.0. The molecule has 3 aromatic rings. The van der Waals surface area contributed by atoms with Gasteiger partial charge in [0.25, 0.3) is 5.56 Å². The molecule has 0 saturated heterocycles. The molecular weight excluding hydrogens is 262 g/mol. The lowest BCUT2D eigenvalue weighted by molar-refractivity contribution is 0.540. The van der Waals surface area contributed by atoms with Gasteiger partial charge in [0.15, 0.2) is 5.65 Å². The molecule has 0 aromatic carbocycles. The fraction of sp³-hybridized carbons (Fsp3) is 0.364. The number of nitrogens with one attached hydrogen (secondary N) is 2. The molecule has 0 saturated carbocycles. The first-order chi connectivity index (χ1) is 9.61. The van der Waals surface area contributed by atoms with Gasteiger partial charge in [-0.15, -0.1) is 0 Å². The molecule has 3 aromatic heterocycles. The molecule has 2 N–H and O–H groups in total. The first kappa shape index (κ1) is 12.3. The average molecular weight is 275 g/mol. The second-order valence-corrected chi connectivity index (χ2v) is 4.38. The van der Waals surface area contributed by atoms with Crippen LogP contribution in [0.25, 0.3) is 11.2 Å². The quantitative estimate of drug-likeness (QED) is 0.677. The molecule has 0 aliphatic rings. The second kappa shape index (κ2) is 4.44. The Labute approximate surface area is 112 Å². The van der Waals surface area contributed by atoms with Crippen molar-refractivity contribution < 1.29 is 0 Å². The van der Waals surface area contributed by atoms with Crippen molar-refractivity contribution in [1.29, 1.82) is 0 Å². The third-order valence-electron chi connectivity index (χ3n) is 3.20. The number of aromatic nitrogens is 7. The second-order valence-electron chi connectivity index (χ2n) is 4.38. The molecule has 1 atom stereocenters. The van der Waals surface area contributed by atoms with Gasteiger partial charge < -0.3 is 4.98 Å². The molecule has 0 aliphatic heterocycles. The summed E-state index contributed by atoms with van der Waals surface area (Å²) < 4.78 is 3.02. The highest BCUT2D eigenvalue weighted by Gasteiger charge is 2.17. The third-order valence-corrected chi connectivity index (χ3v) is 3.20. The summed E-state index contributed by atoms with van der Waals surface area (Å²) in [5.74, 6) is 0.545. The van der Waals surface area contributed by atoms with Crippen molar-refractivity contribution in [3.05, 3.63) is 39.3 Å². The lowest BCUT2D eigenvalue weighted by Gasteiger charge is -2.06. The SMILES string of the molecule is CCn1c(=O)[nH]c(=O)c2[nH]c(C(C)n3cncn3)nc21. The van der Waals surface area contributed by atoms with Crippen LogP contribution in [0.4, 0.5) is 0 Å². The number of fused-ring (bicyclic) bond motifs is 1. The van der Waals surface area contributed by atoms with Crippen LogP contribution in [0.5, 0.6) is 0 Å². The van der Waals surface area contributed by atoms with E-state index in [1.165, 1.54) is 10.9 Å². The third kappa shape index (κ3) is 1.75. The monoisotopic (exact) mass is 275 g/mol. The van der Waals surface area contributed by atoms with Gasteiger partial charge in [0.05, 0.1) is 0 Å². The topological polar surface area (TPSA) is 114 Å². The van der Waals surface area contributed by atoms with Crippen molar-refractivity contribution in [2.75, 3.05) is 0 Å². The molecule has 9 heteroatoms. The Kier molecular flexibility index (Phi) is 2.74. The van der Waals surface area contributed by atoms with Crippen molar-refractivity contribution in [1.82, 2.24) is 34.3 Å². The molecule has 0 aliphatic carbocycles. The van der Waals surface area contributed by atoms with Gasteiger partial charge in [-0.2, -0.15) is 5.10 Å². The molecule has 0 amide bonds. The fourth-order valence-electron chi connectivity index (χ4n) is 2.09. The Morgan fingerprint density at radius 1 is 1.35 bits per heavy atom. The van der Waals surface area contributed by atoms with Gasteiger partial charge in [-0.1, -0.05) is 0 Å². The van der Waals surface area contributed by atoms with E-state index in [0.717, 1.165) is 0 Å². The summed E-state index contributed by atoms with van der Waals surface area (Å²) in [6, 6.07) is -0.218. The van der Waals surface area contributed by atoms with Gasteiger partial charge >= 0.3 is 5.69 Å². The molecule has 0 radical (unpaired) electrons. The normalized spacial score (nSPS) is 12.9. The van der Waals surface area contributed by atoms with E-state index in [4.69, 9.17) is 0 Å². The summed E-state index contributed by atoms with van der Waals surface area (Å²) in [5, 5.41) is 4.04. The number of imidazole rings is 1. The summed E-state index contributed by atoms with van der Waals surface area (Å²) in [7, 11) is 0. The van der Waals surface area contributed by atoms with Crippen LogP contribution < -0.4 is 11.2 Å². The predicted octanol–water partition coefficient (Wildman–Crippen LogP) is -0.366. The van der Waals surface area contributed by atoms with Crippen LogP contribution in [0, 0.1) is 0 Å². The van der Waals surface area contributed by atoms with E-state index in [1.54, 1.807) is 11.0 Å². The van der Waals surface area contributed by atoms with Gasteiger partial charge in [0.1, 0.15) is 30.0 Å². The summed E-state index contributed by atoms with van der Waals surface area (Å²) in [6.07, 6.45) is 2.99. The first-order valence-electron chi connectivity index (χ1n) is 6.18. The lowest BCUT2D eigenvalue weighted by Crippen LogP contribution is -2.29. The summed E-state index contributed by atoms with van der Waals surface area (Å²) in [5.41, 5.74) is -0.299. The molecule has 0 spiro atoms. The van der Waals surface area contributed by atoms with Crippen molar-refractivity contribution in [2.24, 2.45) is 0 Å². The van der Waals surface area contributed by atoms with E-state index in [0.29, 0.717) is 18.0 Å². The number of aryl methyl sites for hydroxylation is 1. The Hall–Kier alpha value is -2.71. The molecule has 0 bridgehead atoms. The van der Waals surface area contributed by atoms with Crippen molar-refractivity contribution >= 4 is 11.2 Å². The van der Waals surface area contributed by atoms with Crippen LogP contribution in [-0.2, 0) is 6.54 Å². The number of hydrogen-bond donors (Lipinski definition) is 2. The van der Waals surface area contributed by atoms with Crippen LogP contribution in [0.3, 0.4) is 0 Å². The van der Waals surface area contributed by atoms with Gasteiger partial charge in [-0.05, 0) is 13.8 Å². The van der Waals surface area contributed by atoms with Crippen molar-refractivity contribution in [2.45, 2.75) is 26.4 Å². The Bertz CT molecular complexity index is 855. The zero-order valence-electron chi connectivity index (χ0n) is 11.0. The van der Waals surface area contributed by atoms with E-state index < -0.39 is 11.2 Å². The number of rotatable bonds is 3. The van der Waals surface area contributed by atoms with Gasteiger partial charge in [-0.25, -0.2) is 19.4 Å². The number of H-pyrrole nitrogens is 2. The van der Waals surface area contributed by atoms with Gasteiger partial charge in [0.2, 0.25) is 0 Å². The van der Waals surface area contributed by atoms with E-state index in [1.807, 2.05) is 13.8 Å². The Balaban J connectivity index is 2.23. The zero-order chi connectivity index (χ0) is 14.3. The van der Waals surface area contributed by atoms with E-state index in [-0.39, 0.29) is 11.6 Å². The highest BCUT2D eigenvalue weighted by Crippen LogP contribution is 2.15. The fourth-order valence-corrected chi connectivity index (χ4v) is 2.09. The number of hydrogen-bond acceptors (Lipinski definition) is 5. The number of aromatic amines is 2. The largest absolute Gasteiger partial charge is 0.334 e. The number of nitrogens with zero attached hydrogens (tertiary/aromatic N) is 5. The maximum absolute atomic E-state index is 11.8. The minimum absolute atomic E-state index is 0.218. The van der Waals surface area contributed by atoms with E-state index in [2.05, 4.69) is 25.0 Å². The maximum Gasteiger partial charge on any atom is 0.330 e. The molecule has 104 valence electrons. The molecule has 20 heavy (non-hydrogen) atoms. The molecule has 3 heterocycles. The molecular formula is C11H13N7O2. The standard InChI is InChI=1S/C11H13N7O2/c1-3-17-9-7(10(19)16-11(17)20)14-8(15-9)6(2)18-5-12-4-13-18/h4-6H,3H2,1-2H3,(H,14,15)(H,16,19,20). The molecule has 9 nitrogen and oxygen atoms in total. The van der Waals surface area contributed by atoms with Crippen LogP contribution in [0.1, 0.15) is 25.7 Å². The smallest absolute Gasteiger partial charge is 0.330 e. The molecule has 0 fully saturated rings. The summed E-state index contributed by atoms with van der Waals surface area (Å²) >= 11 is 0. The molecule has 1 unspecified atom stereocenters. The van der Waals surface area contributed by atoms with Crippen molar-refractivity contribution in [3.63, 3.8) is 0 Å². The van der Waals surface area contributed by atoms with Gasteiger partial charge in [-0.3, -0.25) is 14.3 Å². The Morgan fingerprint density at radius 3 is 2.80 bits per heavy atom. The van der Waals surface area contributed by atoms with Crippen LogP contribution in [0.2, 0.25) is 0 Å². The highest BCUT2D eigenvalue weighted by molar-refractivity contribution is 5.69. The minimum Gasteiger partial charge on any atom is -0.334 e. The lowest BCUT2D eigenvalue weighted by atomic mass is 10.3. The zero-order valence-corrected chi connectivity index (χ0v) is 11.0. The summed E-state index contributed by atoms with van der Waals surface area (Å²) in [6.45, 7) is 4.11. The highest BCUT2D eigenvalue weighted by atomic mass is 16.2. The minimum atomic E-state index is -0.473. The van der Waals surface area contributed by atoms with Crippen LogP contribution in [0.15, 0.2) is 22.2 Å². The predicted molar refractivity (Wildman–Crippen MR) is 70.5 cm³/mol. The van der Waals surface area contributed by atoms with E-state index in [9.17, 15) is 9.59 Å². The van der Waals surface area contributed by atoms with Crippen LogP contribution in [-0.4, -0.2) is 34.3 Å².